The van der Waals surface area contributed by atoms with Gasteiger partial charge in [0.15, 0.2) is 0 Å². The molecule has 0 unspecified atom stereocenters. The summed E-state index contributed by atoms with van der Waals surface area (Å²) in [5.74, 6) is 0. The minimum atomic E-state index is 0.0696. The second-order valence-electron chi connectivity index (χ2n) is 3.88. The number of aromatic nitrogens is 2. The number of aryl methyl sites for hydroxylation is 1. The maximum absolute atomic E-state index is 9.02. The fourth-order valence-electron chi connectivity index (χ4n) is 1.57. The van der Waals surface area contributed by atoms with Gasteiger partial charge in [-0.05, 0) is 18.1 Å². The predicted molar refractivity (Wildman–Crippen MR) is 61.9 cm³/mol. The molecule has 0 saturated heterocycles. The van der Waals surface area contributed by atoms with Crippen LogP contribution in [-0.2, 0) is 19.7 Å². The number of nitrogens with one attached hydrogen (secondary N) is 1. The van der Waals surface area contributed by atoms with Gasteiger partial charge >= 0.3 is 0 Å². The maximum atomic E-state index is 9.02. The Kier molecular flexibility index (Phi) is 3.85. The summed E-state index contributed by atoms with van der Waals surface area (Å²) in [5, 5.41) is 19.8. The van der Waals surface area contributed by atoms with Crippen molar-refractivity contribution in [3.05, 3.63) is 46.8 Å². The summed E-state index contributed by atoms with van der Waals surface area (Å²) in [6.45, 7) is 3.28. The minimum Gasteiger partial charge on any atom is -0.392 e. The average Bonchev–Trinajstić information content (AvgIpc) is 2.76. The molecule has 0 aliphatic carbocycles. The zero-order valence-electron chi connectivity index (χ0n) is 9.68. The zero-order chi connectivity index (χ0) is 12.1. The number of aliphatic hydroxyl groups excluding tert-OH is 1. The number of nitrogens with zero attached hydrogens (tertiary/aromatic N) is 2. The van der Waals surface area contributed by atoms with Crippen LogP contribution in [0.5, 0.6) is 0 Å². The fourth-order valence-corrected chi connectivity index (χ4v) is 1.57. The number of rotatable bonds is 5. The van der Waals surface area contributed by atoms with Gasteiger partial charge in [-0.1, -0.05) is 34.6 Å². The van der Waals surface area contributed by atoms with Crippen LogP contribution in [0.25, 0.3) is 0 Å². The van der Waals surface area contributed by atoms with Crippen LogP contribution >= 0.6 is 0 Å². The highest BCUT2D eigenvalue weighted by Crippen LogP contribution is 2.06. The molecule has 1 heterocycles. The molecule has 0 amide bonds. The first-order valence-electron chi connectivity index (χ1n) is 5.47. The minimum absolute atomic E-state index is 0.0696. The van der Waals surface area contributed by atoms with E-state index in [-0.39, 0.29) is 6.61 Å². The average molecular weight is 233 g/mol. The largest absolute Gasteiger partial charge is 0.392 e. The Hall–Kier alpha value is -1.72. The van der Waals surface area contributed by atoms with E-state index in [1.54, 1.807) is 0 Å². The fraction of sp³-hybridized carbons (Fsp3) is 0.333. The summed E-state index contributed by atoms with van der Waals surface area (Å²) in [6, 6.07) is 7.82. The van der Waals surface area contributed by atoms with Crippen LogP contribution in [0, 0.1) is 6.92 Å². The van der Waals surface area contributed by atoms with Crippen LogP contribution in [-0.4, -0.2) is 15.4 Å². The monoisotopic (exact) mass is 233 g/mol. The first-order valence-corrected chi connectivity index (χ1v) is 5.47. The van der Waals surface area contributed by atoms with Gasteiger partial charge in [-0.15, -0.1) is 0 Å². The van der Waals surface area contributed by atoms with Crippen molar-refractivity contribution in [3.63, 3.8) is 0 Å². The Balaban J connectivity index is 1.87. The summed E-state index contributed by atoms with van der Waals surface area (Å²) >= 11 is 0. The smallest absolute Gasteiger partial charge is 0.121 e. The summed E-state index contributed by atoms with van der Waals surface area (Å²) < 4.78 is 4.61. The molecule has 90 valence electrons. The number of hydrogen-bond acceptors (Lipinski definition) is 5. The van der Waals surface area contributed by atoms with E-state index in [0.717, 1.165) is 29.1 Å². The highest BCUT2D eigenvalue weighted by Gasteiger charge is 2.03. The number of hydrogen-bond donors (Lipinski definition) is 2. The van der Waals surface area contributed by atoms with Crippen molar-refractivity contribution in [1.29, 1.82) is 0 Å². The summed E-state index contributed by atoms with van der Waals surface area (Å²) in [6.07, 6.45) is 0. The highest BCUT2D eigenvalue weighted by molar-refractivity contribution is 5.22. The normalized spacial score (nSPS) is 10.7. The molecule has 0 fully saturated rings. The lowest BCUT2D eigenvalue weighted by Gasteiger charge is -2.04. The second-order valence-corrected chi connectivity index (χ2v) is 3.88. The van der Waals surface area contributed by atoms with Crippen molar-refractivity contribution >= 4 is 0 Å². The van der Waals surface area contributed by atoms with Gasteiger partial charge in [0, 0.05) is 13.1 Å². The van der Waals surface area contributed by atoms with E-state index in [9.17, 15) is 0 Å². The van der Waals surface area contributed by atoms with E-state index >= 15 is 0 Å². The Morgan fingerprint density at radius 1 is 1.24 bits per heavy atom. The molecule has 2 N–H and O–H groups in total. The molecule has 0 radical (unpaired) electrons. The molecule has 0 bridgehead atoms. The van der Waals surface area contributed by atoms with Crippen LogP contribution in [0.4, 0.5) is 0 Å². The second kappa shape index (κ2) is 5.56. The first-order chi connectivity index (χ1) is 8.29. The van der Waals surface area contributed by atoms with Gasteiger partial charge in [0.1, 0.15) is 11.4 Å². The van der Waals surface area contributed by atoms with E-state index in [1.165, 1.54) is 0 Å². The molecule has 0 aliphatic rings. The molecule has 5 heteroatoms. The van der Waals surface area contributed by atoms with Crippen molar-refractivity contribution in [2.24, 2.45) is 0 Å². The molecule has 1 aromatic heterocycles. The standard InChI is InChI=1S/C12H15N3O2/c1-9-12(15-17-14-9)7-13-6-10-3-2-4-11(5-10)8-16/h2-5,13,16H,6-8H2,1H3. The summed E-state index contributed by atoms with van der Waals surface area (Å²) in [7, 11) is 0. The molecule has 0 aliphatic heterocycles. The molecular formula is C12H15N3O2. The molecule has 2 aromatic rings. The van der Waals surface area contributed by atoms with E-state index in [2.05, 4.69) is 20.3 Å². The van der Waals surface area contributed by atoms with Gasteiger partial charge < -0.3 is 10.4 Å². The summed E-state index contributed by atoms with van der Waals surface area (Å²) in [5.41, 5.74) is 3.68. The van der Waals surface area contributed by atoms with Crippen LogP contribution in [0.15, 0.2) is 28.9 Å². The van der Waals surface area contributed by atoms with Crippen molar-refractivity contribution < 1.29 is 9.74 Å². The first kappa shape index (κ1) is 11.8. The lowest BCUT2D eigenvalue weighted by atomic mass is 10.1. The third kappa shape index (κ3) is 3.12. The predicted octanol–water partition coefficient (Wildman–Crippen LogP) is 1.16. The lowest BCUT2D eigenvalue weighted by molar-refractivity contribution is 0.281. The van der Waals surface area contributed by atoms with Crippen molar-refractivity contribution in [2.75, 3.05) is 0 Å². The summed E-state index contributed by atoms with van der Waals surface area (Å²) in [4.78, 5) is 0. The van der Waals surface area contributed by atoms with Crippen LogP contribution in [0.1, 0.15) is 22.5 Å². The third-order valence-electron chi connectivity index (χ3n) is 2.54. The Morgan fingerprint density at radius 2 is 2.06 bits per heavy atom. The molecule has 5 nitrogen and oxygen atoms in total. The van der Waals surface area contributed by atoms with Crippen LogP contribution in [0.3, 0.4) is 0 Å². The number of benzene rings is 1. The molecule has 0 saturated carbocycles. The molecule has 0 spiro atoms. The van der Waals surface area contributed by atoms with Crippen LogP contribution < -0.4 is 5.32 Å². The molecule has 17 heavy (non-hydrogen) atoms. The Labute approximate surface area is 99.4 Å². The van der Waals surface area contributed by atoms with Crippen LogP contribution in [0.2, 0.25) is 0 Å². The maximum Gasteiger partial charge on any atom is 0.121 e. The molecule has 1 aromatic carbocycles. The number of aliphatic hydroxyl groups is 1. The molecule has 0 atom stereocenters. The van der Waals surface area contributed by atoms with E-state index < -0.39 is 0 Å². The van der Waals surface area contributed by atoms with Crippen molar-refractivity contribution in [1.82, 2.24) is 15.6 Å². The topological polar surface area (TPSA) is 71.2 Å². The van der Waals surface area contributed by atoms with Gasteiger partial charge in [0.25, 0.3) is 0 Å². The van der Waals surface area contributed by atoms with Gasteiger partial charge in [-0.2, -0.15) is 0 Å². The van der Waals surface area contributed by atoms with Crippen molar-refractivity contribution in [2.45, 2.75) is 26.6 Å². The Morgan fingerprint density at radius 3 is 2.76 bits per heavy atom. The molecular weight excluding hydrogens is 218 g/mol. The van der Waals surface area contributed by atoms with E-state index in [1.807, 2.05) is 31.2 Å². The SMILES string of the molecule is Cc1nonc1CNCc1cccc(CO)c1. The van der Waals surface area contributed by atoms with E-state index in [4.69, 9.17) is 5.11 Å². The Bertz CT molecular complexity index is 482. The van der Waals surface area contributed by atoms with Gasteiger partial charge in [-0.25, -0.2) is 4.63 Å². The molecule has 2 rings (SSSR count). The quantitative estimate of drug-likeness (QED) is 0.811. The highest BCUT2D eigenvalue weighted by atomic mass is 16.6. The lowest BCUT2D eigenvalue weighted by Crippen LogP contribution is -2.13. The van der Waals surface area contributed by atoms with E-state index in [0.29, 0.717) is 6.54 Å². The van der Waals surface area contributed by atoms with Gasteiger partial charge in [0.05, 0.1) is 6.61 Å². The van der Waals surface area contributed by atoms with Gasteiger partial charge in [-0.3, -0.25) is 0 Å². The third-order valence-corrected chi connectivity index (χ3v) is 2.54. The van der Waals surface area contributed by atoms with Crippen molar-refractivity contribution in [3.8, 4) is 0 Å². The van der Waals surface area contributed by atoms with Gasteiger partial charge in [0.2, 0.25) is 0 Å². The zero-order valence-corrected chi connectivity index (χ0v) is 9.68.